The largest absolute Gasteiger partial charge is 0.447 e. The minimum Gasteiger partial charge on any atom is -0.447 e. The molecule has 33 heavy (non-hydrogen) atoms. The molecule has 0 radical (unpaired) electrons. The molecule has 0 atom stereocenters. The van der Waals surface area contributed by atoms with E-state index in [1.54, 1.807) is 32.0 Å². The second kappa shape index (κ2) is 11.1. The second-order valence-electron chi connectivity index (χ2n) is 6.92. The van der Waals surface area contributed by atoms with Gasteiger partial charge in [-0.25, -0.2) is 4.79 Å². The van der Waals surface area contributed by atoms with Gasteiger partial charge in [-0.1, -0.05) is 18.2 Å². The quantitative estimate of drug-likeness (QED) is 0.327. The Balaban J connectivity index is 2.43. The van der Waals surface area contributed by atoms with Crippen LogP contribution in [-0.4, -0.2) is 38.4 Å². The number of hydrogen-bond donors (Lipinski definition) is 3. The molecule has 0 aliphatic carbocycles. The first kappa shape index (κ1) is 25.3. The molecule has 2 rings (SSSR count). The molecule has 0 aromatic heterocycles. The fourth-order valence-corrected chi connectivity index (χ4v) is 3.40. The summed E-state index contributed by atoms with van der Waals surface area (Å²) in [6.07, 6.45) is -1.34. The number of hydrogen-bond acceptors (Lipinski definition) is 7. The van der Waals surface area contributed by atoms with Crippen LogP contribution in [-0.2, 0) is 24.4 Å². The summed E-state index contributed by atoms with van der Waals surface area (Å²) in [5, 5.41) is 7.44. The van der Waals surface area contributed by atoms with Crippen molar-refractivity contribution in [1.82, 2.24) is 5.32 Å². The van der Waals surface area contributed by atoms with E-state index in [2.05, 4.69) is 20.9 Å². The molecule has 12 heteroatoms. The molecular weight excluding hydrogens is 452 g/mol. The molecule has 2 aromatic rings. The van der Waals surface area contributed by atoms with Gasteiger partial charge >= 0.3 is 16.2 Å². The third-order valence-corrected chi connectivity index (χ3v) is 4.87. The lowest BCUT2D eigenvalue weighted by Crippen LogP contribution is -2.38. The van der Waals surface area contributed by atoms with E-state index in [4.69, 9.17) is 8.92 Å². The zero-order chi connectivity index (χ0) is 24.6. The maximum Gasteiger partial charge on any atom is 0.414 e. The fourth-order valence-electron chi connectivity index (χ4n) is 2.44. The smallest absolute Gasteiger partial charge is 0.414 e. The molecule has 0 aliphatic heterocycles. The number of aliphatic imine (C=N–C) groups is 1. The van der Waals surface area contributed by atoms with Gasteiger partial charge in [-0.3, -0.25) is 14.9 Å². The van der Waals surface area contributed by atoms with Gasteiger partial charge in [0.1, 0.15) is 10.6 Å². The summed E-state index contributed by atoms with van der Waals surface area (Å²) in [6, 6.07) is 11.6. The van der Waals surface area contributed by atoms with Crippen molar-refractivity contribution >= 4 is 45.4 Å². The highest BCUT2D eigenvalue weighted by molar-refractivity contribution is 7.87. The number of amides is 3. The van der Waals surface area contributed by atoms with Crippen LogP contribution in [0.15, 0.2) is 58.4 Å². The van der Waals surface area contributed by atoms with Crippen molar-refractivity contribution in [2.24, 2.45) is 4.99 Å². The van der Waals surface area contributed by atoms with Crippen molar-refractivity contribution in [2.45, 2.75) is 38.7 Å². The zero-order valence-corrected chi connectivity index (χ0v) is 19.2. The van der Waals surface area contributed by atoms with Crippen LogP contribution in [0.25, 0.3) is 0 Å². The van der Waals surface area contributed by atoms with Crippen molar-refractivity contribution in [1.29, 1.82) is 0 Å². The Morgan fingerprint density at radius 2 is 1.61 bits per heavy atom. The normalized spacial score (nSPS) is 11.5. The lowest BCUT2D eigenvalue weighted by Gasteiger charge is -2.17. The molecule has 0 aliphatic rings. The molecular formula is C21H24N4O7S. The van der Waals surface area contributed by atoms with Gasteiger partial charge in [0.25, 0.3) is 0 Å². The van der Waals surface area contributed by atoms with Crippen molar-refractivity contribution in [3.63, 3.8) is 0 Å². The summed E-state index contributed by atoms with van der Waals surface area (Å²) in [5.41, 5.74) is 0.184. The van der Waals surface area contributed by atoms with Gasteiger partial charge in [0.2, 0.25) is 17.8 Å². The number of ether oxygens (including phenoxy) is 1. The minimum atomic E-state index is -4.25. The molecule has 0 saturated heterocycles. The molecule has 3 amide bonds. The van der Waals surface area contributed by atoms with Crippen LogP contribution in [0.5, 0.6) is 5.75 Å². The fraction of sp³-hybridized carbons (Fsp3) is 0.238. The lowest BCUT2D eigenvalue weighted by atomic mass is 10.2. The molecule has 11 nitrogen and oxygen atoms in total. The number of nitrogens with one attached hydrogen (secondary N) is 3. The molecule has 3 N–H and O–H groups in total. The third kappa shape index (κ3) is 8.26. The molecule has 0 fully saturated rings. The summed E-state index contributed by atoms with van der Waals surface area (Å²) in [5.74, 6) is -1.32. The van der Waals surface area contributed by atoms with E-state index in [1.807, 2.05) is 0 Å². The van der Waals surface area contributed by atoms with E-state index in [-0.39, 0.29) is 28.0 Å². The maximum absolute atomic E-state index is 12.7. The van der Waals surface area contributed by atoms with Gasteiger partial charge in [0.15, 0.2) is 0 Å². The van der Waals surface area contributed by atoms with Gasteiger partial charge in [0, 0.05) is 13.8 Å². The van der Waals surface area contributed by atoms with Crippen LogP contribution < -0.4 is 20.1 Å². The first-order valence-corrected chi connectivity index (χ1v) is 11.1. The van der Waals surface area contributed by atoms with Crippen molar-refractivity contribution in [3.05, 3.63) is 48.5 Å². The molecule has 2 aromatic carbocycles. The molecule has 0 saturated carbocycles. The summed E-state index contributed by atoms with van der Waals surface area (Å²) >= 11 is 0. The van der Waals surface area contributed by atoms with E-state index in [1.165, 1.54) is 31.2 Å². The summed E-state index contributed by atoms with van der Waals surface area (Å²) in [7, 11) is -4.25. The first-order valence-electron chi connectivity index (χ1n) is 9.71. The number of anilines is 2. The standard InChI is InChI=1S/C21H24N4O7S/c1-13(2)31-21(28)25-20(23-15(4)27)24-19-12-17(10-11-18(19)22-14(3)26)33(29,30)32-16-8-6-5-7-9-16/h5-13H,1-4H3,(H,22,26)(H2,23,24,25,27,28). The lowest BCUT2D eigenvalue weighted by molar-refractivity contribution is -0.116. The van der Waals surface area contributed by atoms with Crippen molar-refractivity contribution in [2.75, 3.05) is 10.6 Å². The van der Waals surface area contributed by atoms with Crippen LogP contribution in [0.3, 0.4) is 0 Å². The monoisotopic (exact) mass is 476 g/mol. The van der Waals surface area contributed by atoms with Gasteiger partial charge in [0.05, 0.1) is 17.5 Å². The predicted octanol–water partition coefficient (Wildman–Crippen LogP) is 2.86. The van der Waals surface area contributed by atoms with E-state index in [0.29, 0.717) is 0 Å². The van der Waals surface area contributed by atoms with Gasteiger partial charge in [-0.05, 0) is 44.2 Å². The highest BCUT2D eigenvalue weighted by Crippen LogP contribution is 2.27. The topological polar surface area (TPSA) is 152 Å². The van der Waals surface area contributed by atoms with E-state index >= 15 is 0 Å². The maximum atomic E-state index is 12.7. The van der Waals surface area contributed by atoms with Gasteiger partial charge in [-0.2, -0.15) is 13.4 Å². The molecule has 0 unspecified atom stereocenters. The highest BCUT2D eigenvalue weighted by atomic mass is 32.2. The zero-order valence-electron chi connectivity index (χ0n) is 18.4. The van der Waals surface area contributed by atoms with Crippen LogP contribution in [0, 0.1) is 0 Å². The number of carbonyl (C=O) groups excluding carboxylic acids is 3. The second-order valence-corrected chi connectivity index (χ2v) is 8.47. The number of benzene rings is 2. The average Bonchev–Trinajstić information content (AvgIpc) is 2.68. The van der Waals surface area contributed by atoms with Crippen LogP contribution >= 0.6 is 0 Å². The molecule has 0 heterocycles. The summed E-state index contributed by atoms with van der Waals surface area (Å²) < 4.78 is 35.6. The molecule has 0 bridgehead atoms. The van der Waals surface area contributed by atoms with Crippen LogP contribution in [0.1, 0.15) is 27.7 Å². The number of carbonyl (C=O) groups is 3. The summed E-state index contributed by atoms with van der Waals surface area (Å²) in [4.78, 5) is 38.5. The first-order chi connectivity index (χ1) is 15.5. The van der Waals surface area contributed by atoms with Crippen molar-refractivity contribution < 1.29 is 31.7 Å². The SMILES string of the molecule is CC(=O)N=C(NC(=O)OC(C)C)Nc1cc(S(=O)(=O)Oc2ccccc2)ccc1NC(C)=O. The third-order valence-electron chi connectivity index (χ3n) is 3.63. The Morgan fingerprint density at radius 3 is 2.18 bits per heavy atom. The number of nitrogens with zero attached hydrogens (tertiary/aromatic N) is 1. The molecule has 176 valence electrons. The van der Waals surface area contributed by atoms with Crippen molar-refractivity contribution in [3.8, 4) is 5.75 Å². The Morgan fingerprint density at radius 1 is 0.939 bits per heavy atom. The number of guanidine groups is 1. The summed E-state index contributed by atoms with van der Waals surface area (Å²) in [6.45, 7) is 5.67. The predicted molar refractivity (Wildman–Crippen MR) is 121 cm³/mol. The van der Waals surface area contributed by atoms with E-state index in [9.17, 15) is 22.8 Å². The average molecular weight is 477 g/mol. The Hall–Kier alpha value is -3.93. The van der Waals surface area contributed by atoms with Gasteiger partial charge in [-0.15, -0.1) is 0 Å². The van der Waals surface area contributed by atoms with Crippen LogP contribution in [0.2, 0.25) is 0 Å². The van der Waals surface area contributed by atoms with E-state index in [0.717, 1.165) is 13.0 Å². The number of rotatable bonds is 6. The number of alkyl carbamates (subject to hydrolysis) is 1. The Bertz CT molecular complexity index is 1160. The minimum absolute atomic E-state index is 0.0211. The highest BCUT2D eigenvalue weighted by Gasteiger charge is 2.20. The molecule has 0 spiro atoms. The van der Waals surface area contributed by atoms with Crippen LogP contribution in [0.4, 0.5) is 16.2 Å². The van der Waals surface area contributed by atoms with E-state index < -0.39 is 34.1 Å². The Labute approximate surface area is 191 Å². The number of para-hydroxylation sites is 1. The Kier molecular flexibility index (Phi) is 8.51. The van der Waals surface area contributed by atoms with Gasteiger partial charge < -0.3 is 19.6 Å².